The minimum absolute atomic E-state index is 0.0225. The average Bonchev–Trinajstić information content (AvgIpc) is 3.51. The van der Waals surface area contributed by atoms with E-state index in [1.807, 2.05) is 0 Å². The molecule has 0 N–H and O–H groups in total. The fourth-order valence-electron chi connectivity index (χ4n) is 3.80. The number of carbonyl (C=O) groups excluding carboxylic acids is 2. The fourth-order valence-corrected chi connectivity index (χ4v) is 3.98. The Bertz CT molecular complexity index is 1020. The maximum atomic E-state index is 13.4. The number of hydrogen-bond acceptors (Lipinski definition) is 5. The Hall–Kier alpha value is -3.13. The molecule has 2 fully saturated rings. The zero-order valence-electron chi connectivity index (χ0n) is 17.0. The third-order valence-electron chi connectivity index (χ3n) is 5.70. The van der Waals surface area contributed by atoms with Gasteiger partial charge in [-0.15, -0.1) is 0 Å². The summed E-state index contributed by atoms with van der Waals surface area (Å²) in [5.74, 6) is 0.199. The van der Waals surface area contributed by atoms with Crippen molar-refractivity contribution in [3.8, 4) is 5.75 Å². The highest BCUT2D eigenvalue weighted by Crippen LogP contribution is 2.36. The van der Waals surface area contributed by atoms with Gasteiger partial charge in [0.15, 0.2) is 0 Å². The molecule has 4 rings (SSSR count). The second-order valence-corrected chi connectivity index (χ2v) is 8.30. The molecular weight excluding hydrogens is 422 g/mol. The Morgan fingerprint density at radius 3 is 2.58 bits per heavy atom. The fraction of sp³-hybridized carbons (Fsp3) is 0.364. The molecule has 1 unspecified atom stereocenters. The molecule has 2 amide bonds. The van der Waals surface area contributed by atoms with Crippen molar-refractivity contribution in [2.75, 3.05) is 30.0 Å². The molecule has 8 nitrogen and oxygen atoms in total. The van der Waals surface area contributed by atoms with Gasteiger partial charge in [0.1, 0.15) is 10.8 Å². The molecule has 162 valence electrons. The summed E-state index contributed by atoms with van der Waals surface area (Å²) in [5.41, 5.74) is 0.899. The van der Waals surface area contributed by atoms with Crippen LogP contribution in [0.5, 0.6) is 5.75 Å². The lowest BCUT2D eigenvalue weighted by Gasteiger charge is -2.26. The van der Waals surface area contributed by atoms with Crippen molar-refractivity contribution < 1.29 is 19.2 Å². The Morgan fingerprint density at radius 2 is 1.97 bits per heavy atom. The van der Waals surface area contributed by atoms with E-state index in [1.54, 1.807) is 47.2 Å². The summed E-state index contributed by atoms with van der Waals surface area (Å²) < 4.78 is 5.15. The van der Waals surface area contributed by atoms with Crippen LogP contribution in [0, 0.1) is 22.0 Å². The summed E-state index contributed by atoms with van der Waals surface area (Å²) in [6.07, 6.45) is 2.13. The van der Waals surface area contributed by atoms with E-state index in [-0.39, 0.29) is 35.5 Å². The van der Waals surface area contributed by atoms with Gasteiger partial charge in [-0.2, -0.15) is 0 Å². The first kappa shape index (κ1) is 21.1. The molecule has 9 heteroatoms. The van der Waals surface area contributed by atoms with Crippen LogP contribution in [0.25, 0.3) is 0 Å². The third-order valence-corrected chi connectivity index (χ3v) is 6.02. The van der Waals surface area contributed by atoms with Crippen molar-refractivity contribution >= 4 is 40.5 Å². The number of amides is 2. The molecule has 1 atom stereocenters. The predicted molar refractivity (Wildman–Crippen MR) is 117 cm³/mol. The molecule has 0 aromatic heterocycles. The second kappa shape index (κ2) is 8.55. The number of halogens is 1. The number of nitro groups is 1. The highest BCUT2D eigenvalue weighted by atomic mass is 35.5. The van der Waals surface area contributed by atoms with Gasteiger partial charge in [-0.05, 0) is 55.2 Å². The third kappa shape index (κ3) is 4.49. The molecule has 0 bridgehead atoms. The van der Waals surface area contributed by atoms with E-state index in [9.17, 15) is 19.7 Å². The molecule has 1 aliphatic carbocycles. The van der Waals surface area contributed by atoms with Crippen LogP contribution < -0.4 is 14.5 Å². The number of carbonyl (C=O) groups is 2. The number of anilines is 2. The van der Waals surface area contributed by atoms with Crippen molar-refractivity contribution in [2.45, 2.75) is 19.3 Å². The van der Waals surface area contributed by atoms with E-state index in [0.717, 1.165) is 12.8 Å². The van der Waals surface area contributed by atoms with E-state index >= 15 is 0 Å². The number of benzene rings is 2. The summed E-state index contributed by atoms with van der Waals surface area (Å²) in [5, 5.41) is 11.3. The van der Waals surface area contributed by atoms with Gasteiger partial charge in [0.05, 0.1) is 23.6 Å². The van der Waals surface area contributed by atoms with Crippen LogP contribution in [-0.2, 0) is 9.59 Å². The van der Waals surface area contributed by atoms with Crippen molar-refractivity contribution in [1.29, 1.82) is 0 Å². The van der Waals surface area contributed by atoms with Crippen molar-refractivity contribution in [3.05, 3.63) is 57.6 Å². The minimum Gasteiger partial charge on any atom is -0.497 e. The minimum atomic E-state index is -0.559. The molecular formula is C22H22ClN3O5. The number of nitrogens with zero attached hydrogens (tertiary/aromatic N) is 3. The van der Waals surface area contributed by atoms with Crippen LogP contribution in [0.2, 0.25) is 5.02 Å². The highest BCUT2D eigenvalue weighted by Gasteiger charge is 2.39. The van der Waals surface area contributed by atoms with Crippen LogP contribution in [0.3, 0.4) is 0 Å². The first-order valence-corrected chi connectivity index (χ1v) is 10.4. The van der Waals surface area contributed by atoms with Gasteiger partial charge >= 0.3 is 0 Å². The van der Waals surface area contributed by atoms with Gasteiger partial charge in [0, 0.05) is 31.3 Å². The number of hydrogen-bond donors (Lipinski definition) is 0. The lowest BCUT2D eigenvalue weighted by atomic mass is 10.1. The standard InChI is InChI=1S/C22H22ClN3O5/c1-31-18-7-4-16(5-8-18)24-13-15(10-21(24)27)22(28)25(12-14-2-3-14)17-6-9-19(23)20(11-17)26(29)30/h4-9,11,14-15H,2-3,10,12-13H2,1H3. The zero-order valence-corrected chi connectivity index (χ0v) is 17.7. The molecule has 0 spiro atoms. The molecule has 1 saturated carbocycles. The van der Waals surface area contributed by atoms with Crippen molar-refractivity contribution in [2.24, 2.45) is 11.8 Å². The molecule has 1 saturated heterocycles. The first-order chi connectivity index (χ1) is 14.9. The molecule has 31 heavy (non-hydrogen) atoms. The lowest BCUT2D eigenvalue weighted by Crippen LogP contribution is -2.39. The van der Waals surface area contributed by atoms with Crippen molar-refractivity contribution in [1.82, 2.24) is 0 Å². The SMILES string of the molecule is COc1ccc(N2CC(C(=O)N(CC3CC3)c3ccc(Cl)c([N+](=O)[O-])c3)CC2=O)cc1. The van der Waals surface area contributed by atoms with Gasteiger partial charge < -0.3 is 14.5 Å². The smallest absolute Gasteiger partial charge is 0.289 e. The number of rotatable bonds is 7. The van der Waals surface area contributed by atoms with Crippen LogP contribution in [-0.4, -0.2) is 36.9 Å². The summed E-state index contributed by atoms with van der Waals surface area (Å²) in [6, 6.07) is 11.5. The summed E-state index contributed by atoms with van der Waals surface area (Å²) >= 11 is 5.94. The van der Waals surface area contributed by atoms with E-state index in [2.05, 4.69) is 0 Å². The molecule has 1 aliphatic heterocycles. The largest absolute Gasteiger partial charge is 0.497 e. The van der Waals surface area contributed by atoms with Gasteiger partial charge in [0.2, 0.25) is 11.8 Å². The quantitative estimate of drug-likeness (QED) is 0.475. The normalized spacial score (nSPS) is 18.2. The topological polar surface area (TPSA) is 93.0 Å². The molecule has 2 aliphatic rings. The Kier molecular flexibility index (Phi) is 5.82. The van der Waals surface area contributed by atoms with Crippen LogP contribution >= 0.6 is 11.6 Å². The number of ether oxygens (including phenoxy) is 1. The Balaban J connectivity index is 1.57. The van der Waals surface area contributed by atoms with E-state index in [4.69, 9.17) is 16.3 Å². The molecule has 0 radical (unpaired) electrons. The summed E-state index contributed by atoms with van der Waals surface area (Å²) in [4.78, 5) is 40.0. The van der Waals surface area contributed by atoms with Gasteiger partial charge in [-0.1, -0.05) is 11.6 Å². The van der Waals surface area contributed by atoms with Gasteiger partial charge in [-0.25, -0.2) is 0 Å². The number of nitro benzene ring substituents is 1. The van der Waals surface area contributed by atoms with Crippen LogP contribution in [0.15, 0.2) is 42.5 Å². The van der Waals surface area contributed by atoms with Gasteiger partial charge in [0.25, 0.3) is 5.69 Å². The molecule has 1 heterocycles. The second-order valence-electron chi connectivity index (χ2n) is 7.89. The maximum Gasteiger partial charge on any atom is 0.289 e. The zero-order chi connectivity index (χ0) is 22.1. The van der Waals surface area contributed by atoms with Crippen LogP contribution in [0.4, 0.5) is 17.1 Å². The predicted octanol–water partition coefficient (Wildman–Crippen LogP) is 4.05. The lowest BCUT2D eigenvalue weighted by molar-refractivity contribution is -0.384. The van der Waals surface area contributed by atoms with Crippen LogP contribution in [0.1, 0.15) is 19.3 Å². The maximum absolute atomic E-state index is 13.4. The summed E-state index contributed by atoms with van der Waals surface area (Å²) in [6.45, 7) is 0.742. The number of methoxy groups -OCH3 is 1. The summed E-state index contributed by atoms with van der Waals surface area (Å²) in [7, 11) is 1.57. The molecule has 2 aromatic carbocycles. The van der Waals surface area contributed by atoms with E-state index < -0.39 is 10.8 Å². The Morgan fingerprint density at radius 1 is 1.26 bits per heavy atom. The highest BCUT2D eigenvalue weighted by molar-refractivity contribution is 6.32. The Labute approximate surface area is 184 Å². The molecule has 2 aromatic rings. The van der Waals surface area contributed by atoms with E-state index in [1.165, 1.54) is 12.1 Å². The average molecular weight is 444 g/mol. The first-order valence-electron chi connectivity index (χ1n) is 10.1. The van der Waals surface area contributed by atoms with Crippen molar-refractivity contribution in [3.63, 3.8) is 0 Å². The van der Waals surface area contributed by atoms with Gasteiger partial charge in [-0.3, -0.25) is 19.7 Å². The monoisotopic (exact) mass is 443 g/mol. The van der Waals surface area contributed by atoms with E-state index in [0.29, 0.717) is 29.6 Å².